The van der Waals surface area contributed by atoms with Crippen molar-refractivity contribution in [1.29, 1.82) is 0 Å². The van der Waals surface area contributed by atoms with Crippen molar-refractivity contribution >= 4 is 5.97 Å². The van der Waals surface area contributed by atoms with Gasteiger partial charge in [-0.2, -0.15) is 0 Å². The average Bonchev–Trinajstić information content (AvgIpc) is 3.13. The molecule has 96 valence electrons. The lowest BCUT2D eigenvalue weighted by molar-refractivity contribution is -0.145. The quantitative estimate of drug-likeness (QED) is 0.769. The van der Waals surface area contributed by atoms with Gasteiger partial charge in [0.2, 0.25) is 0 Å². The van der Waals surface area contributed by atoms with Gasteiger partial charge in [-0.05, 0) is 48.9 Å². The van der Waals surface area contributed by atoms with Crippen LogP contribution in [-0.2, 0) is 16.0 Å². The highest BCUT2D eigenvalue weighted by molar-refractivity contribution is 5.79. The lowest BCUT2D eigenvalue weighted by atomic mass is 9.91. The first-order valence-electron chi connectivity index (χ1n) is 6.59. The van der Waals surface area contributed by atoms with Gasteiger partial charge in [-0.15, -0.1) is 0 Å². The van der Waals surface area contributed by atoms with Crippen molar-refractivity contribution in [3.8, 4) is 5.75 Å². The molecule has 3 heteroatoms. The number of rotatable bonds is 3. The summed E-state index contributed by atoms with van der Waals surface area (Å²) in [5.41, 5.74) is 2.66. The average molecular weight is 246 g/mol. The van der Waals surface area contributed by atoms with E-state index in [2.05, 4.69) is 12.1 Å². The minimum atomic E-state index is -0.0248. The standard InChI is InChI=1S/C15H18O3/c1-3-18-15(16)14-11-7-5-9-4-6-10(17-2)8-12(9)13(11)14/h4,6,8,11,13-14H,3,5,7H2,1-2H3. The molecule has 1 aromatic carbocycles. The van der Waals surface area contributed by atoms with Crippen LogP contribution in [-0.4, -0.2) is 19.7 Å². The van der Waals surface area contributed by atoms with Gasteiger partial charge < -0.3 is 9.47 Å². The summed E-state index contributed by atoms with van der Waals surface area (Å²) in [4.78, 5) is 11.9. The summed E-state index contributed by atoms with van der Waals surface area (Å²) < 4.78 is 10.4. The molecule has 3 atom stereocenters. The fourth-order valence-electron chi connectivity index (χ4n) is 3.28. The summed E-state index contributed by atoms with van der Waals surface area (Å²) in [6.07, 6.45) is 2.17. The van der Waals surface area contributed by atoms with Crippen molar-refractivity contribution in [3.05, 3.63) is 29.3 Å². The Labute approximate surface area is 107 Å². The van der Waals surface area contributed by atoms with E-state index >= 15 is 0 Å². The molecule has 3 rings (SSSR count). The summed E-state index contributed by atoms with van der Waals surface area (Å²) in [5, 5.41) is 0. The Morgan fingerprint density at radius 2 is 2.28 bits per heavy atom. The number of ether oxygens (including phenoxy) is 2. The van der Waals surface area contributed by atoms with Crippen LogP contribution >= 0.6 is 0 Å². The van der Waals surface area contributed by atoms with Gasteiger partial charge in [0.15, 0.2) is 0 Å². The fraction of sp³-hybridized carbons (Fsp3) is 0.533. The normalized spacial score (nSPS) is 28.0. The van der Waals surface area contributed by atoms with Gasteiger partial charge in [-0.25, -0.2) is 0 Å². The van der Waals surface area contributed by atoms with E-state index in [0.29, 0.717) is 18.4 Å². The van der Waals surface area contributed by atoms with Crippen LogP contribution in [0.4, 0.5) is 0 Å². The van der Waals surface area contributed by atoms with Crippen LogP contribution in [0.2, 0.25) is 0 Å². The number of hydrogen-bond acceptors (Lipinski definition) is 3. The predicted molar refractivity (Wildman–Crippen MR) is 67.7 cm³/mol. The maximum Gasteiger partial charge on any atom is 0.309 e. The van der Waals surface area contributed by atoms with Crippen LogP contribution in [0.15, 0.2) is 18.2 Å². The molecule has 1 saturated carbocycles. The highest BCUT2D eigenvalue weighted by Gasteiger charge is 2.58. The summed E-state index contributed by atoms with van der Waals surface area (Å²) in [6.45, 7) is 2.33. The van der Waals surface area contributed by atoms with Gasteiger partial charge in [0.25, 0.3) is 0 Å². The van der Waals surface area contributed by atoms with E-state index in [0.717, 1.165) is 18.6 Å². The molecular weight excluding hydrogens is 228 g/mol. The largest absolute Gasteiger partial charge is 0.497 e. The Morgan fingerprint density at radius 3 is 3.00 bits per heavy atom. The van der Waals surface area contributed by atoms with E-state index in [-0.39, 0.29) is 11.9 Å². The summed E-state index contributed by atoms with van der Waals surface area (Å²) >= 11 is 0. The van der Waals surface area contributed by atoms with Crippen LogP contribution < -0.4 is 4.74 Å². The summed E-state index contributed by atoms with van der Waals surface area (Å²) in [6, 6.07) is 6.22. The van der Waals surface area contributed by atoms with Crippen molar-refractivity contribution < 1.29 is 14.3 Å². The van der Waals surface area contributed by atoms with Crippen molar-refractivity contribution in [2.24, 2.45) is 11.8 Å². The second kappa shape index (κ2) is 4.30. The van der Waals surface area contributed by atoms with Crippen molar-refractivity contribution in [3.63, 3.8) is 0 Å². The fourth-order valence-corrected chi connectivity index (χ4v) is 3.28. The second-order valence-electron chi connectivity index (χ2n) is 5.07. The molecule has 3 unspecified atom stereocenters. The molecule has 2 aliphatic carbocycles. The van der Waals surface area contributed by atoms with Gasteiger partial charge in [0.1, 0.15) is 5.75 Å². The molecule has 0 spiro atoms. The Balaban J connectivity index is 1.87. The Bertz CT molecular complexity index is 481. The zero-order valence-corrected chi connectivity index (χ0v) is 10.8. The van der Waals surface area contributed by atoms with Crippen LogP contribution in [0.5, 0.6) is 5.75 Å². The molecule has 0 bridgehead atoms. The highest BCUT2D eigenvalue weighted by Crippen LogP contribution is 2.60. The third kappa shape index (κ3) is 1.69. The molecule has 0 aliphatic heterocycles. The number of carbonyl (C=O) groups is 1. The molecule has 1 fully saturated rings. The van der Waals surface area contributed by atoms with Gasteiger partial charge in [-0.1, -0.05) is 6.07 Å². The molecule has 0 radical (unpaired) electrons. The van der Waals surface area contributed by atoms with Gasteiger partial charge >= 0.3 is 5.97 Å². The number of hydrogen-bond donors (Lipinski definition) is 0. The molecule has 1 aromatic rings. The first kappa shape index (κ1) is 11.6. The number of aryl methyl sites for hydroxylation is 1. The molecule has 0 amide bonds. The molecule has 0 aromatic heterocycles. The molecular formula is C15H18O3. The monoisotopic (exact) mass is 246 g/mol. The van der Waals surface area contributed by atoms with Crippen LogP contribution in [0.25, 0.3) is 0 Å². The molecule has 0 saturated heterocycles. The smallest absolute Gasteiger partial charge is 0.309 e. The van der Waals surface area contributed by atoms with E-state index in [4.69, 9.17) is 9.47 Å². The number of esters is 1. The molecule has 0 N–H and O–H groups in total. The zero-order chi connectivity index (χ0) is 12.7. The maximum absolute atomic E-state index is 11.9. The zero-order valence-electron chi connectivity index (χ0n) is 10.8. The van der Waals surface area contributed by atoms with E-state index < -0.39 is 0 Å². The lowest BCUT2D eigenvalue weighted by Gasteiger charge is -2.15. The number of fused-ring (bicyclic) bond motifs is 3. The van der Waals surface area contributed by atoms with Crippen molar-refractivity contribution in [1.82, 2.24) is 0 Å². The van der Waals surface area contributed by atoms with E-state index in [1.165, 1.54) is 11.1 Å². The summed E-state index contributed by atoms with van der Waals surface area (Å²) in [5.74, 6) is 1.79. The van der Waals surface area contributed by atoms with E-state index in [1.807, 2.05) is 13.0 Å². The lowest BCUT2D eigenvalue weighted by Crippen LogP contribution is -2.08. The second-order valence-corrected chi connectivity index (χ2v) is 5.07. The third-order valence-corrected chi connectivity index (χ3v) is 4.19. The first-order valence-corrected chi connectivity index (χ1v) is 6.59. The van der Waals surface area contributed by atoms with Crippen molar-refractivity contribution in [2.75, 3.05) is 13.7 Å². The van der Waals surface area contributed by atoms with E-state index in [1.54, 1.807) is 7.11 Å². The maximum atomic E-state index is 11.9. The Hall–Kier alpha value is -1.51. The van der Waals surface area contributed by atoms with Gasteiger partial charge in [0, 0.05) is 5.92 Å². The summed E-state index contributed by atoms with van der Waals surface area (Å²) in [7, 11) is 1.68. The first-order chi connectivity index (χ1) is 8.76. The van der Waals surface area contributed by atoms with Crippen LogP contribution in [0, 0.1) is 11.8 Å². The minimum absolute atomic E-state index is 0.0248. The van der Waals surface area contributed by atoms with Gasteiger partial charge in [0.05, 0.1) is 19.6 Å². The SMILES string of the molecule is CCOC(=O)C1C2CCc3ccc(OC)cc3C21. The molecule has 0 heterocycles. The van der Waals surface area contributed by atoms with Crippen LogP contribution in [0.1, 0.15) is 30.4 Å². The Kier molecular flexibility index (Phi) is 2.77. The number of carbonyl (C=O) groups excluding carboxylic acids is 1. The van der Waals surface area contributed by atoms with E-state index in [9.17, 15) is 4.79 Å². The van der Waals surface area contributed by atoms with Crippen LogP contribution in [0.3, 0.4) is 0 Å². The van der Waals surface area contributed by atoms with Gasteiger partial charge in [-0.3, -0.25) is 4.79 Å². The topological polar surface area (TPSA) is 35.5 Å². The van der Waals surface area contributed by atoms with Crippen molar-refractivity contribution in [2.45, 2.75) is 25.7 Å². The third-order valence-electron chi connectivity index (χ3n) is 4.19. The predicted octanol–water partition coefficient (Wildman–Crippen LogP) is 2.53. The highest BCUT2D eigenvalue weighted by atomic mass is 16.5. The Morgan fingerprint density at radius 1 is 1.44 bits per heavy atom. The number of benzene rings is 1. The molecule has 18 heavy (non-hydrogen) atoms. The minimum Gasteiger partial charge on any atom is -0.497 e. The molecule has 2 aliphatic rings. The molecule has 3 nitrogen and oxygen atoms in total. The number of methoxy groups -OCH3 is 1.